The minimum atomic E-state index is 0.287. The Balaban J connectivity index is 1.82. The second kappa shape index (κ2) is 4.97. The van der Waals surface area contributed by atoms with Gasteiger partial charge in [-0.1, -0.05) is 13.8 Å². The van der Waals surface area contributed by atoms with Crippen LogP contribution < -0.4 is 5.32 Å². The lowest BCUT2D eigenvalue weighted by Crippen LogP contribution is -2.46. The highest BCUT2D eigenvalue weighted by atomic mass is 16.2. The molecular formula is C14H26N2O. The van der Waals surface area contributed by atoms with Crippen LogP contribution in [0.2, 0.25) is 0 Å². The van der Waals surface area contributed by atoms with Gasteiger partial charge < -0.3 is 10.2 Å². The van der Waals surface area contributed by atoms with Gasteiger partial charge in [0, 0.05) is 18.5 Å². The molecule has 2 rings (SSSR count). The fourth-order valence-corrected chi connectivity index (χ4v) is 3.05. The monoisotopic (exact) mass is 238 g/mol. The normalized spacial score (nSPS) is 32.7. The quantitative estimate of drug-likeness (QED) is 0.791. The van der Waals surface area contributed by atoms with Gasteiger partial charge in [0.15, 0.2) is 0 Å². The van der Waals surface area contributed by atoms with Gasteiger partial charge in [0.2, 0.25) is 5.91 Å². The number of fused-ring (bicyclic) bond motifs is 1. The predicted molar refractivity (Wildman–Crippen MR) is 69.6 cm³/mol. The summed E-state index contributed by atoms with van der Waals surface area (Å²) in [4.78, 5) is 14.3. The topological polar surface area (TPSA) is 32.3 Å². The largest absolute Gasteiger partial charge is 0.352 e. The molecule has 0 aromatic carbocycles. The lowest BCUT2D eigenvalue weighted by molar-refractivity contribution is -0.126. The number of nitrogens with zero attached hydrogens (tertiary/aromatic N) is 1. The van der Waals surface area contributed by atoms with Crippen LogP contribution in [-0.4, -0.2) is 37.5 Å². The number of hydrogen-bond donors (Lipinski definition) is 1. The second-order valence-corrected chi connectivity index (χ2v) is 6.55. The van der Waals surface area contributed by atoms with Crippen LogP contribution in [0.4, 0.5) is 0 Å². The average molecular weight is 238 g/mol. The number of hydrogen-bond acceptors (Lipinski definition) is 2. The number of carbonyl (C=O) groups excluding carboxylic acids is 1. The third-order valence-corrected chi connectivity index (χ3v) is 4.31. The summed E-state index contributed by atoms with van der Waals surface area (Å²) < 4.78 is 0. The fourth-order valence-electron chi connectivity index (χ4n) is 3.05. The van der Waals surface area contributed by atoms with Crippen molar-refractivity contribution in [3.8, 4) is 0 Å². The first-order chi connectivity index (χ1) is 7.97. The van der Waals surface area contributed by atoms with E-state index in [1.165, 1.54) is 6.42 Å². The molecule has 2 aliphatic carbocycles. The van der Waals surface area contributed by atoms with Crippen molar-refractivity contribution in [2.24, 2.45) is 23.7 Å². The molecule has 3 atom stereocenters. The average Bonchev–Trinajstić information content (AvgIpc) is 2.84. The highest BCUT2D eigenvalue weighted by molar-refractivity contribution is 5.79. The van der Waals surface area contributed by atoms with Crippen molar-refractivity contribution in [2.75, 3.05) is 20.6 Å². The Morgan fingerprint density at radius 3 is 2.29 bits per heavy atom. The van der Waals surface area contributed by atoms with Crippen molar-refractivity contribution in [3.05, 3.63) is 0 Å². The third-order valence-electron chi connectivity index (χ3n) is 4.31. The second-order valence-electron chi connectivity index (χ2n) is 6.55. The number of nitrogens with one attached hydrogen (secondary N) is 1. The van der Waals surface area contributed by atoms with Gasteiger partial charge in [-0.25, -0.2) is 0 Å². The van der Waals surface area contributed by atoms with Crippen LogP contribution in [0.5, 0.6) is 0 Å². The summed E-state index contributed by atoms with van der Waals surface area (Å²) in [5, 5.41) is 3.25. The van der Waals surface area contributed by atoms with E-state index in [4.69, 9.17) is 0 Å². The predicted octanol–water partition coefficient (Wildman–Crippen LogP) is 1.73. The Morgan fingerprint density at radius 2 is 1.82 bits per heavy atom. The van der Waals surface area contributed by atoms with E-state index in [2.05, 4.69) is 38.2 Å². The summed E-state index contributed by atoms with van der Waals surface area (Å²) in [6.45, 7) is 5.30. The first-order valence-electron chi connectivity index (χ1n) is 6.92. The van der Waals surface area contributed by atoms with E-state index in [-0.39, 0.29) is 6.04 Å². The highest BCUT2D eigenvalue weighted by Gasteiger charge is 2.48. The van der Waals surface area contributed by atoms with E-state index >= 15 is 0 Å². The van der Waals surface area contributed by atoms with Crippen LogP contribution >= 0.6 is 0 Å². The SMILES string of the molecule is CC(C)C(CN(C)C)NC(=O)C1CC2CC2C1. The van der Waals surface area contributed by atoms with Crippen LogP contribution in [0.25, 0.3) is 0 Å². The van der Waals surface area contributed by atoms with E-state index in [1.807, 2.05) is 0 Å². The molecule has 0 saturated heterocycles. The highest BCUT2D eigenvalue weighted by Crippen LogP contribution is 2.54. The molecule has 1 amide bonds. The van der Waals surface area contributed by atoms with Crippen LogP contribution in [-0.2, 0) is 4.79 Å². The zero-order chi connectivity index (χ0) is 12.6. The first kappa shape index (κ1) is 12.9. The van der Waals surface area contributed by atoms with E-state index in [9.17, 15) is 4.79 Å². The summed E-state index contributed by atoms with van der Waals surface area (Å²) in [5.74, 6) is 2.88. The van der Waals surface area contributed by atoms with Crippen molar-refractivity contribution >= 4 is 5.91 Å². The molecule has 0 aromatic rings. The molecule has 3 heteroatoms. The van der Waals surface area contributed by atoms with Gasteiger partial charge in [-0.3, -0.25) is 4.79 Å². The van der Waals surface area contributed by atoms with Gasteiger partial charge in [0.1, 0.15) is 0 Å². The Hall–Kier alpha value is -0.570. The molecule has 3 nitrogen and oxygen atoms in total. The Kier molecular flexibility index (Phi) is 3.76. The molecule has 17 heavy (non-hydrogen) atoms. The maximum Gasteiger partial charge on any atom is 0.223 e. The lowest BCUT2D eigenvalue weighted by atomic mass is 9.99. The molecule has 98 valence electrons. The summed E-state index contributed by atoms with van der Waals surface area (Å²) in [7, 11) is 4.12. The molecule has 2 saturated carbocycles. The third kappa shape index (κ3) is 3.21. The number of likely N-dealkylation sites (N-methyl/N-ethyl adjacent to an activating group) is 1. The van der Waals surface area contributed by atoms with E-state index < -0.39 is 0 Å². The molecule has 1 N–H and O–H groups in total. The Labute approximate surface area is 105 Å². The smallest absolute Gasteiger partial charge is 0.223 e. The van der Waals surface area contributed by atoms with Crippen molar-refractivity contribution in [2.45, 2.75) is 39.2 Å². The van der Waals surface area contributed by atoms with Crippen molar-refractivity contribution < 1.29 is 4.79 Å². The number of carbonyl (C=O) groups is 1. The minimum Gasteiger partial charge on any atom is -0.352 e. The molecule has 2 aliphatic rings. The maximum atomic E-state index is 12.2. The van der Waals surface area contributed by atoms with Crippen LogP contribution in [0.1, 0.15) is 33.1 Å². The standard InChI is InChI=1S/C14H26N2O/c1-9(2)13(8-16(3)4)15-14(17)12-6-10-5-11(10)7-12/h9-13H,5-8H2,1-4H3,(H,15,17). The molecule has 2 fully saturated rings. The molecule has 0 aliphatic heterocycles. The molecule has 0 aromatic heterocycles. The first-order valence-corrected chi connectivity index (χ1v) is 6.92. The van der Waals surface area contributed by atoms with E-state index in [0.29, 0.717) is 17.7 Å². The van der Waals surface area contributed by atoms with Gasteiger partial charge in [-0.15, -0.1) is 0 Å². The van der Waals surface area contributed by atoms with Gasteiger partial charge in [0.25, 0.3) is 0 Å². The summed E-state index contributed by atoms with van der Waals surface area (Å²) in [6, 6.07) is 0.287. The number of rotatable bonds is 5. The van der Waals surface area contributed by atoms with E-state index in [1.54, 1.807) is 0 Å². The van der Waals surface area contributed by atoms with Crippen LogP contribution in [0.3, 0.4) is 0 Å². The van der Waals surface area contributed by atoms with Crippen LogP contribution in [0, 0.1) is 23.7 Å². The minimum absolute atomic E-state index is 0.287. The maximum absolute atomic E-state index is 12.2. The van der Waals surface area contributed by atoms with E-state index in [0.717, 1.165) is 31.2 Å². The summed E-state index contributed by atoms with van der Waals surface area (Å²) in [6.07, 6.45) is 3.67. The van der Waals surface area contributed by atoms with Gasteiger partial charge in [-0.2, -0.15) is 0 Å². The molecule has 0 bridgehead atoms. The van der Waals surface area contributed by atoms with Gasteiger partial charge in [-0.05, 0) is 51.1 Å². The number of amides is 1. The fraction of sp³-hybridized carbons (Fsp3) is 0.929. The Bertz CT molecular complexity index is 278. The van der Waals surface area contributed by atoms with Crippen LogP contribution in [0.15, 0.2) is 0 Å². The molecule has 3 unspecified atom stereocenters. The van der Waals surface area contributed by atoms with Crippen molar-refractivity contribution in [1.82, 2.24) is 10.2 Å². The Morgan fingerprint density at radius 1 is 1.24 bits per heavy atom. The zero-order valence-corrected chi connectivity index (χ0v) is 11.6. The molecule has 0 spiro atoms. The zero-order valence-electron chi connectivity index (χ0n) is 11.6. The molecular weight excluding hydrogens is 212 g/mol. The lowest BCUT2D eigenvalue weighted by Gasteiger charge is -2.27. The van der Waals surface area contributed by atoms with Gasteiger partial charge >= 0.3 is 0 Å². The molecule has 0 radical (unpaired) electrons. The molecule has 0 heterocycles. The van der Waals surface area contributed by atoms with Gasteiger partial charge in [0.05, 0.1) is 0 Å². The van der Waals surface area contributed by atoms with Crippen molar-refractivity contribution in [3.63, 3.8) is 0 Å². The summed E-state index contributed by atoms with van der Waals surface area (Å²) in [5.41, 5.74) is 0. The summed E-state index contributed by atoms with van der Waals surface area (Å²) >= 11 is 0. The van der Waals surface area contributed by atoms with Crippen molar-refractivity contribution in [1.29, 1.82) is 0 Å².